The molecule has 1 saturated carbocycles. The SMILES string of the molecule is CC(NC(=O)NCC1(C(=O)O)CCCC1)C(N)=O. The van der Waals surface area contributed by atoms with Crippen molar-refractivity contribution in [3.05, 3.63) is 0 Å². The number of hydrogen-bond acceptors (Lipinski definition) is 3. The maximum atomic E-state index is 11.5. The van der Waals surface area contributed by atoms with Gasteiger partial charge in [0.05, 0.1) is 5.41 Å². The van der Waals surface area contributed by atoms with Gasteiger partial charge in [-0.2, -0.15) is 0 Å². The molecule has 1 aliphatic rings. The van der Waals surface area contributed by atoms with Crippen LogP contribution in [0.25, 0.3) is 0 Å². The number of carboxylic acids is 1. The van der Waals surface area contributed by atoms with E-state index in [1.165, 1.54) is 6.92 Å². The molecule has 0 aliphatic heterocycles. The first-order valence-corrected chi connectivity index (χ1v) is 5.94. The summed E-state index contributed by atoms with van der Waals surface area (Å²) in [6, 6.07) is -1.36. The van der Waals surface area contributed by atoms with Crippen LogP contribution in [0.5, 0.6) is 0 Å². The molecule has 0 heterocycles. The number of aliphatic carboxylic acids is 1. The fourth-order valence-electron chi connectivity index (χ4n) is 2.09. The molecule has 0 saturated heterocycles. The lowest BCUT2D eigenvalue weighted by atomic mass is 9.86. The van der Waals surface area contributed by atoms with Gasteiger partial charge in [0.1, 0.15) is 6.04 Å². The standard InChI is InChI=1S/C11H19N3O4/c1-7(8(12)15)14-10(18)13-6-11(9(16)17)4-2-3-5-11/h7H,2-6H2,1H3,(H2,12,15)(H,16,17)(H2,13,14,18). The molecule has 102 valence electrons. The number of primary amides is 1. The summed E-state index contributed by atoms with van der Waals surface area (Å²) < 4.78 is 0. The molecular weight excluding hydrogens is 238 g/mol. The second kappa shape index (κ2) is 5.70. The van der Waals surface area contributed by atoms with Crippen LogP contribution >= 0.6 is 0 Å². The number of carboxylic acid groups (broad SMARTS) is 1. The highest BCUT2D eigenvalue weighted by atomic mass is 16.4. The van der Waals surface area contributed by atoms with Crippen molar-refractivity contribution >= 4 is 17.9 Å². The van der Waals surface area contributed by atoms with Crippen molar-refractivity contribution in [3.63, 3.8) is 0 Å². The second-order valence-corrected chi connectivity index (χ2v) is 4.74. The number of rotatable bonds is 5. The number of nitrogens with two attached hydrogens (primary N) is 1. The highest BCUT2D eigenvalue weighted by Gasteiger charge is 2.41. The van der Waals surface area contributed by atoms with E-state index < -0.39 is 29.4 Å². The van der Waals surface area contributed by atoms with Crippen molar-refractivity contribution in [2.75, 3.05) is 6.54 Å². The molecule has 0 spiro atoms. The van der Waals surface area contributed by atoms with E-state index in [0.29, 0.717) is 12.8 Å². The second-order valence-electron chi connectivity index (χ2n) is 4.74. The number of carbonyl (C=O) groups is 3. The fraction of sp³-hybridized carbons (Fsp3) is 0.727. The zero-order valence-corrected chi connectivity index (χ0v) is 10.4. The van der Waals surface area contributed by atoms with Gasteiger partial charge < -0.3 is 21.5 Å². The van der Waals surface area contributed by atoms with E-state index in [9.17, 15) is 19.5 Å². The summed E-state index contributed by atoms with van der Waals surface area (Å²) in [5.41, 5.74) is 4.13. The fourth-order valence-corrected chi connectivity index (χ4v) is 2.09. The Morgan fingerprint density at radius 1 is 1.33 bits per heavy atom. The van der Waals surface area contributed by atoms with E-state index in [1.54, 1.807) is 0 Å². The molecule has 0 aromatic rings. The van der Waals surface area contributed by atoms with Gasteiger partial charge in [-0.05, 0) is 19.8 Å². The normalized spacial score (nSPS) is 18.9. The third-order valence-electron chi connectivity index (χ3n) is 3.38. The molecule has 18 heavy (non-hydrogen) atoms. The monoisotopic (exact) mass is 257 g/mol. The van der Waals surface area contributed by atoms with Gasteiger partial charge in [0.2, 0.25) is 5.91 Å². The molecule has 0 radical (unpaired) electrons. The summed E-state index contributed by atoms with van der Waals surface area (Å²) >= 11 is 0. The van der Waals surface area contributed by atoms with Crippen molar-refractivity contribution in [3.8, 4) is 0 Å². The summed E-state index contributed by atoms with van der Waals surface area (Å²) in [6.07, 6.45) is 2.84. The summed E-state index contributed by atoms with van der Waals surface area (Å²) in [5, 5.41) is 14.0. The van der Waals surface area contributed by atoms with Crippen LogP contribution in [0.1, 0.15) is 32.6 Å². The Bertz CT molecular complexity index is 350. The Morgan fingerprint density at radius 2 is 1.89 bits per heavy atom. The first kappa shape index (κ1) is 14.3. The molecule has 1 rings (SSSR count). The van der Waals surface area contributed by atoms with Gasteiger partial charge in [0.25, 0.3) is 0 Å². The average molecular weight is 257 g/mol. The van der Waals surface area contributed by atoms with Crippen LogP contribution in [0.15, 0.2) is 0 Å². The predicted octanol–water partition coefficient (Wildman–Crippen LogP) is -0.196. The van der Waals surface area contributed by atoms with Crippen LogP contribution in [0.2, 0.25) is 0 Å². The Morgan fingerprint density at radius 3 is 2.33 bits per heavy atom. The largest absolute Gasteiger partial charge is 0.481 e. The van der Waals surface area contributed by atoms with Crippen LogP contribution in [-0.2, 0) is 9.59 Å². The lowest BCUT2D eigenvalue weighted by Crippen LogP contribution is -2.50. The first-order valence-electron chi connectivity index (χ1n) is 5.94. The molecule has 1 unspecified atom stereocenters. The van der Waals surface area contributed by atoms with E-state index in [2.05, 4.69) is 10.6 Å². The molecule has 0 aromatic carbocycles. The number of amides is 3. The highest BCUT2D eigenvalue weighted by molar-refractivity contribution is 5.85. The zero-order chi connectivity index (χ0) is 13.8. The van der Waals surface area contributed by atoms with Crippen molar-refractivity contribution in [1.29, 1.82) is 0 Å². The summed E-state index contributed by atoms with van der Waals surface area (Å²) in [7, 11) is 0. The lowest BCUT2D eigenvalue weighted by Gasteiger charge is -2.24. The molecule has 7 heteroatoms. The Hall–Kier alpha value is -1.79. The highest BCUT2D eigenvalue weighted by Crippen LogP contribution is 2.37. The maximum Gasteiger partial charge on any atom is 0.315 e. The van der Waals surface area contributed by atoms with Gasteiger partial charge >= 0.3 is 12.0 Å². The van der Waals surface area contributed by atoms with Gasteiger partial charge in [0, 0.05) is 6.54 Å². The van der Waals surface area contributed by atoms with Crippen LogP contribution in [0.3, 0.4) is 0 Å². The minimum Gasteiger partial charge on any atom is -0.481 e. The molecule has 3 amide bonds. The average Bonchev–Trinajstić information content (AvgIpc) is 2.76. The molecule has 1 fully saturated rings. The Labute approximate surface area is 105 Å². The van der Waals surface area contributed by atoms with E-state index in [4.69, 9.17) is 5.73 Å². The van der Waals surface area contributed by atoms with Gasteiger partial charge in [-0.3, -0.25) is 9.59 Å². The molecule has 5 N–H and O–H groups in total. The minimum atomic E-state index is -0.886. The van der Waals surface area contributed by atoms with Crippen molar-refractivity contribution < 1.29 is 19.5 Å². The van der Waals surface area contributed by atoms with Crippen LogP contribution in [-0.4, -0.2) is 35.6 Å². The summed E-state index contributed by atoms with van der Waals surface area (Å²) in [4.78, 5) is 33.4. The molecule has 0 aromatic heterocycles. The van der Waals surface area contributed by atoms with E-state index in [1.807, 2.05) is 0 Å². The van der Waals surface area contributed by atoms with Crippen molar-refractivity contribution in [2.45, 2.75) is 38.6 Å². The predicted molar refractivity (Wildman–Crippen MR) is 63.7 cm³/mol. The van der Waals surface area contributed by atoms with Gasteiger partial charge in [-0.25, -0.2) is 4.79 Å². The first-order chi connectivity index (χ1) is 8.37. The smallest absolute Gasteiger partial charge is 0.315 e. The number of carbonyl (C=O) groups excluding carboxylic acids is 2. The quantitative estimate of drug-likeness (QED) is 0.545. The van der Waals surface area contributed by atoms with E-state index in [-0.39, 0.29) is 6.54 Å². The summed E-state index contributed by atoms with van der Waals surface area (Å²) in [6.45, 7) is 1.53. The molecular formula is C11H19N3O4. The maximum absolute atomic E-state index is 11.5. The zero-order valence-electron chi connectivity index (χ0n) is 10.4. The van der Waals surface area contributed by atoms with Crippen molar-refractivity contribution in [2.24, 2.45) is 11.1 Å². The van der Waals surface area contributed by atoms with E-state index in [0.717, 1.165) is 12.8 Å². The topological polar surface area (TPSA) is 122 Å². The van der Waals surface area contributed by atoms with Crippen molar-refractivity contribution in [1.82, 2.24) is 10.6 Å². The number of hydrogen-bond donors (Lipinski definition) is 4. The minimum absolute atomic E-state index is 0.0691. The van der Waals surface area contributed by atoms with Gasteiger partial charge in [0.15, 0.2) is 0 Å². The molecule has 1 atom stereocenters. The Kier molecular flexibility index (Phi) is 4.52. The summed E-state index contributed by atoms with van der Waals surface area (Å²) in [5.74, 6) is -1.53. The lowest BCUT2D eigenvalue weighted by molar-refractivity contribution is -0.148. The van der Waals surface area contributed by atoms with Crippen LogP contribution in [0, 0.1) is 5.41 Å². The third-order valence-corrected chi connectivity index (χ3v) is 3.38. The number of urea groups is 1. The third kappa shape index (κ3) is 3.35. The number of nitrogens with one attached hydrogen (secondary N) is 2. The van der Waals surface area contributed by atoms with Crippen LogP contribution < -0.4 is 16.4 Å². The molecule has 7 nitrogen and oxygen atoms in total. The molecule has 0 bridgehead atoms. The van der Waals surface area contributed by atoms with Crippen LogP contribution in [0.4, 0.5) is 4.79 Å². The Balaban J connectivity index is 2.46. The molecule has 1 aliphatic carbocycles. The van der Waals surface area contributed by atoms with E-state index >= 15 is 0 Å². The van der Waals surface area contributed by atoms with Gasteiger partial charge in [-0.1, -0.05) is 12.8 Å². The van der Waals surface area contributed by atoms with Gasteiger partial charge in [-0.15, -0.1) is 0 Å².